The zero-order valence-electron chi connectivity index (χ0n) is 18.8. The normalized spacial score (nSPS) is 15.8. The summed E-state index contributed by atoms with van der Waals surface area (Å²) in [6, 6.07) is 14.9. The SMILES string of the molecule is COc1ccc(OC)c(NC(=O)C2=C(C)N(c3cccc(C)c3)C(=S)NC2c2ccsc2)c1. The maximum atomic E-state index is 13.7. The van der Waals surface area contributed by atoms with Crippen molar-refractivity contribution in [3.05, 3.63) is 81.7 Å². The van der Waals surface area contributed by atoms with Crippen LogP contribution in [0.25, 0.3) is 0 Å². The maximum Gasteiger partial charge on any atom is 0.255 e. The number of aryl methyl sites for hydroxylation is 1. The molecule has 1 aliphatic heterocycles. The van der Waals surface area contributed by atoms with Gasteiger partial charge >= 0.3 is 0 Å². The standard InChI is InChI=1S/C25H25N3O3S2/c1-15-6-5-7-18(12-15)28-16(2)22(23(27-25(28)32)17-10-11-33-14-17)24(29)26-20-13-19(30-3)8-9-21(20)31-4/h5-14,23H,1-4H3,(H,26,29)(H,27,32). The number of methoxy groups -OCH3 is 2. The molecule has 0 radical (unpaired) electrons. The monoisotopic (exact) mass is 479 g/mol. The van der Waals surface area contributed by atoms with E-state index in [1.54, 1.807) is 43.8 Å². The fraction of sp³-hybridized carbons (Fsp3) is 0.200. The Kier molecular flexibility index (Phi) is 6.67. The number of nitrogens with one attached hydrogen (secondary N) is 2. The molecule has 0 saturated carbocycles. The Morgan fingerprint density at radius 3 is 2.61 bits per heavy atom. The summed E-state index contributed by atoms with van der Waals surface area (Å²) in [5.41, 5.74) is 4.86. The number of rotatable bonds is 6. The zero-order valence-corrected chi connectivity index (χ0v) is 20.5. The number of anilines is 2. The average Bonchev–Trinajstić information content (AvgIpc) is 3.33. The van der Waals surface area contributed by atoms with Gasteiger partial charge in [-0.15, -0.1) is 0 Å². The van der Waals surface area contributed by atoms with Crippen molar-refractivity contribution in [2.45, 2.75) is 19.9 Å². The molecule has 1 aliphatic rings. The summed E-state index contributed by atoms with van der Waals surface area (Å²) in [5.74, 6) is 0.919. The lowest BCUT2D eigenvalue weighted by atomic mass is 9.95. The quantitative estimate of drug-likeness (QED) is 0.460. The van der Waals surface area contributed by atoms with Crippen molar-refractivity contribution < 1.29 is 14.3 Å². The summed E-state index contributed by atoms with van der Waals surface area (Å²) in [4.78, 5) is 15.6. The minimum absolute atomic E-state index is 0.247. The topological polar surface area (TPSA) is 62.8 Å². The van der Waals surface area contributed by atoms with E-state index >= 15 is 0 Å². The van der Waals surface area contributed by atoms with Gasteiger partial charge in [-0.05, 0) is 78.3 Å². The lowest BCUT2D eigenvalue weighted by molar-refractivity contribution is -0.113. The van der Waals surface area contributed by atoms with Crippen LogP contribution in [0, 0.1) is 6.92 Å². The van der Waals surface area contributed by atoms with E-state index in [4.69, 9.17) is 21.7 Å². The highest BCUT2D eigenvalue weighted by Crippen LogP contribution is 2.36. The minimum atomic E-state index is -0.374. The van der Waals surface area contributed by atoms with Crippen LogP contribution in [0.4, 0.5) is 11.4 Å². The lowest BCUT2D eigenvalue weighted by Gasteiger charge is -2.37. The third kappa shape index (κ3) is 4.58. The molecule has 0 aliphatic carbocycles. The lowest BCUT2D eigenvalue weighted by Crippen LogP contribution is -2.48. The average molecular weight is 480 g/mol. The number of allylic oxidation sites excluding steroid dienone is 1. The van der Waals surface area contributed by atoms with Gasteiger partial charge in [0.2, 0.25) is 0 Å². The first-order chi connectivity index (χ1) is 15.9. The molecule has 1 atom stereocenters. The first kappa shape index (κ1) is 22.8. The molecule has 1 unspecified atom stereocenters. The van der Waals surface area contributed by atoms with Gasteiger partial charge in [0.1, 0.15) is 11.5 Å². The Labute approximate surface area is 202 Å². The summed E-state index contributed by atoms with van der Waals surface area (Å²) in [7, 11) is 3.15. The first-order valence-corrected chi connectivity index (χ1v) is 11.7. The number of thiocarbonyl (C=S) groups is 1. The minimum Gasteiger partial charge on any atom is -0.497 e. The highest BCUT2D eigenvalue weighted by atomic mass is 32.1. The number of amides is 1. The van der Waals surface area contributed by atoms with Crippen molar-refractivity contribution in [2.24, 2.45) is 0 Å². The molecule has 1 aromatic heterocycles. The van der Waals surface area contributed by atoms with E-state index in [-0.39, 0.29) is 11.9 Å². The highest BCUT2D eigenvalue weighted by molar-refractivity contribution is 7.80. The van der Waals surface area contributed by atoms with Crippen LogP contribution in [0.5, 0.6) is 11.5 Å². The van der Waals surface area contributed by atoms with Crippen LogP contribution in [0.1, 0.15) is 24.1 Å². The van der Waals surface area contributed by atoms with Gasteiger partial charge < -0.3 is 20.1 Å². The van der Waals surface area contributed by atoms with Gasteiger partial charge in [0.25, 0.3) is 5.91 Å². The van der Waals surface area contributed by atoms with Gasteiger partial charge in [-0.2, -0.15) is 11.3 Å². The van der Waals surface area contributed by atoms with Gasteiger partial charge in [-0.25, -0.2) is 0 Å². The predicted molar refractivity (Wildman–Crippen MR) is 137 cm³/mol. The van der Waals surface area contributed by atoms with Gasteiger partial charge in [-0.3, -0.25) is 9.69 Å². The van der Waals surface area contributed by atoms with E-state index in [2.05, 4.69) is 10.6 Å². The Morgan fingerprint density at radius 2 is 1.94 bits per heavy atom. The van der Waals surface area contributed by atoms with Gasteiger partial charge in [0.05, 0.1) is 31.5 Å². The van der Waals surface area contributed by atoms with Crippen molar-refractivity contribution in [1.82, 2.24) is 5.32 Å². The molecule has 33 heavy (non-hydrogen) atoms. The van der Waals surface area contributed by atoms with E-state index in [1.165, 1.54) is 0 Å². The molecule has 0 bridgehead atoms. The molecule has 3 aromatic rings. The molecule has 0 fully saturated rings. The second kappa shape index (κ2) is 9.64. The molecule has 8 heteroatoms. The molecule has 4 rings (SSSR count). The zero-order chi connectivity index (χ0) is 23.5. The van der Waals surface area contributed by atoms with Crippen molar-refractivity contribution >= 4 is 45.9 Å². The fourth-order valence-electron chi connectivity index (χ4n) is 3.91. The predicted octanol–water partition coefficient (Wildman–Crippen LogP) is 5.42. The van der Waals surface area contributed by atoms with Gasteiger partial charge in [-0.1, -0.05) is 12.1 Å². The Bertz CT molecular complexity index is 1220. The third-order valence-electron chi connectivity index (χ3n) is 5.52. The van der Waals surface area contributed by atoms with Crippen molar-refractivity contribution in [3.63, 3.8) is 0 Å². The molecule has 0 spiro atoms. The number of nitrogens with zero attached hydrogens (tertiary/aromatic N) is 1. The van der Waals surface area contributed by atoms with Crippen LogP contribution in [-0.2, 0) is 4.79 Å². The van der Waals surface area contributed by atoms with E-state index < -0.39 is 0 Å². The number of carbonyl (C=O) groups excluding carboxylic acids is 1. The van der Waals surface area contributed by atoms with Crippen LogP contribution in [-0.4, -0.2) is 25.2 Å². The van der Waals surface area contributed by atoms with Crippen molar-refractivity contribution in [3.8, 4) is 11.5 Å². The molecule has 2 heterocycles. The molecule has 1 amide bonds. The van der Waals surface area contributed by atoms with E-state index in [0.717, 1.165) is 22.5 Å². The second-order valence-electron chi connectivity index (χ2n) is 7.63. The summed E-state index contributed by atoms with van der Waals surface area (Å²) >= 11 is 7.31. The van der Waals surface area contributed by atoms with Gasteiger partial charge in [0.15, 0.2) is 5.11 Å². The Balaban J connectivity index is 1.80. The molecule has 0 saturated heterocycles. The maximum absolute atomic E-state index is 13.7. The van der Waals surface area contributed by atoms with Crippen LogP contribution < -0.4 is 25.0 Å². The van der Waals surface area contributed by atoms with Crippen molar-refractivity contribution in [2.75, 3.05) is 24.4 Å². The first-order valence-electron chi connectivity index (χ1n) is 10.4. The summed E-state index contributed by atoms with van der Waals surface area (Å²) in [6.07, 6.45) is 0. The summed E-state index contributed by atoms with van der Waals surface area (Å²) < 4.78 is 10.8. The van der Waals surface area contributed by atoms with E-state index in [1.807, 2.05) is 59.8 Å². The van der Waals surface area contributed by atoms with Crippen LogP contribution in [0.2, 0.25) is 0 Å². The summed E-state index contributed by atoms with van der Waals surface area (Å²) in [5, 5.41) is 11.0. The molecule has 2 aromatic carbocycles. The van der Waals surface area contributed by atoms with Crippen LogP contribution in [0.15, 0.2) is 70.6 Å². The Morgan fingerprint density at radius 1 is 1.12 bits per heavy atom. The largest absolute Gasteiger partial charge is 0.497 e. The highest BCUT2D eigenvalue weighted by Gasteiger charge is 2.35. The number of hydrogen-bond acceptors (Lipinski definition) is 5. The van der Waals surface area contributed by atoms with Crippen molar-refractivity contribution in [1.29, 1.82) is 0 Å². The Hall–Kier alpha value is -3.36. The molecule has 170 valence electrons. The van der Waals surface area contributed by atoms with Crippen LogP contribution in [0.3, 0.4) is 0 Å². The third-order valence-corrected chi connectivity index (χ3v) is 6.52. The fourth-order valence-corrected chi connectivity index (χ4v) is 4.95. The van der Waals surface area contributed by atoms with Gasteiger partial charge in [0, 0.05) is 17.5 Å². The summed E-state index contributed by atoms with van der Waals surface area (Å²) in [6.45, 7) is 3.95. The number of benzene rings is 2. The smallest absolute Gasteiger partial charge is 0.255 e. The number of ether oxygens (including phenoxy) is 2. The van der Waals surface area contributed by atoms with E-state index in [9.17, 15) is 4.79 Å². The number of hydrogen-bond donors (Lipinski definition) is 2. The second-order valence-corrected chi connectivity index (χ2v) is 8.80. The molecule has 6 nitrogen and oxygen atoms in total. The van der Waals surface area contributed by atoms with E-state index in [0.29, 0.717) is 27.9 Å². The molecule has 2 N–H and O–H groups in total. The number of thiophene rings is 1. The number of carbonyl (C=O) groups is 1. The molecular formula is C25H25N3O3S2. The van der Waals surface area contributed by atoms with Crippen LogP contribution >= 0.6 is 23.6 Å². The molecular weight excluding hydrogens is 454 g/mol.